The number of nitrogens with zero attached hydrogens (tertiary/aromatic N) is 2. The Hall–Kier alpha value is -8.01. The predicted octanol–water partition coefficient (Wildman–Crippen LogP) is 15.2. The highest BCUT2D eigenvalue weighted by atomic mass is 16.1. The normalized spacial score (nSPS) is 13.9. The topological polar surface area (TPSA) is 26.9 Å². The van der Waals surface area contributed by atoms with Crippen LogP contribution >= 0.6 is 0 Å². The van der Waals surface area contributed by atoms with E-state index in [-0.39, 0.29) is 11.7 Å². The number of benzene rings is 10. The number of fused-ring (bicyclic) bond motifs is 14. The third-order valence-electron chi connectivity index (χ3n) is 13.4. The lowest BCUT2D eigenvalue weighted by Crippen LogP contribution is -2.07. The zero-order chi connectivity index (χ0) is 40.9. The number of carbonyl (C=O) groups is 1. The molecule has 0 fully saturated rings. The summed E-state index contributed by atoms with van der Waals surface area (Å²) in [6.07, 6.45) is 0.401. The molecule has 2 heterocycles. The van der Waals surface area contributed by atoms with Gasteiger partial charge >= 0.3 is 0 Å². The minimum Gasteiger partial charge on any atom is -0.309 e. The van der Waals surface area contributed by atoms with Crippen LogP contribution in [0.15, 0.2) is 212 Å². The summed E-state index contributed by atoms with van der Waals surface area (Å²) >= 11 is 0. The molecule has 1 aliphatic carbocycles. The van der Waals surface area contributed by atoms with Crippen LogP contribution < -0.4 is 0 Å². The highest BCUT2D eigenvalue weighted by Gasteiger charge is 2.33. The number of hydrogen-bond donors (Lipinski definition) is 0. The molecular weight excluding hydrogens is 753 g/mol. The number of para-hydroxylation sites is 2. The Morgan fingerprint density at radius 1 is 0.371 bits per heavy atom. The second-order valence-electron chi connectivity index (χ2n) is 16.7. The van der Waals surface area contributed by atoms with Crippen LogP contribution in [0.5, 0.6) is 0 Å². The molecule has 12 aromatic rings. The Balaban J connectivity index is 1.01. The van der Waals surface area contributed by atoms with Gasteiger partial charge in [0.05, 0.1) is 27.8 Å². The van der Waals surface area contributed by atoms with Gasteiger partial charge in [0.2, 0.25) is 0 Å². The molecule has 62 heavy (non-hydrogen) atoms. The van der Waals surface area contributed by atoms with Crippen LogP contribution in [0.3, 0.4) is 0 Å². The Labute approximate surface area is 358 Å². The third kappa shape index (κ3) is 5.09. The van der Waals surface area contributed by atoms with Crippen molar-refractivity contribution in [1.82, 2.24) is 9.13 Å². The van der Waals surface area contributed by atoms with Crippen molar-refractivity contribution in [2.45, 2.75) is 12.3 Å². The first-order valence-corrected chi connectivity index (χ1v) is 21.5. The van der Waals surface area contributed by atoms with Gasteiger partial charge in [0, 0.05) is 45.4 Å². The first kappa shape index (κ1) is 34.8. The minimum atomic E-state index is -0.0462. The molecule has 2 aromatic heterocycles. The second-order valence-corrected chi connectivity index (χ2v) is 16.7. The zero-order valence-corrected chi connectivity index (χ0v) is 33.8. The summed E-state index contributed by atoms with van der Waals surface area (Å²) in [6.45, 7) is 0. The Bertz CT molecular complexity index is 3760. The summed E-state index contributed by atoms with van der Waals surface area (Å²) in [5.74, 6) is 0.117. The SMILES string of the molecule is O=C1CC(c2ccccc2)c2ccccc2-c2c1c1cc(-c3ccc4c(c3)c3ccccc3n4-c3ccc4c5ccccc5c5ccccc5c4c3)ccc1n2-c1ccccc1. The van der Waals surface area contributed by atoms with Gasteiger partial charge in [0.1, 0.15) is 0 Å². The van der Waals surface area contributed by atoms with Crippen LogP contribution in [-0.4, -0.2) is 14.9 Å². The average Bonchev–Trinajstić information content (AvgIpc) is 3.82. The lowest BCUT2D eigenvalue weighted by molar-refractivity contribution is 0.0981. The first-order valence-electron chi connectivity index (χ1n) is 21.5. The van der Waals surface area contributed by atoms with Gasteiger partial charge in [-0.3, -0.25) is 4.79 Å². The molecule has 0 saturated heterocycles. The van der Waals surface area contributed by atoms with Crippen molar-refractivity contribution in [1.29, 1.82) is 0 Å². The lowest BCUT2D eigenvalue weighted by atomic mass is 9.86. The van der Waals surface area contributed by atoms with Crippen LogP contribution in [0.1, 0.15) is 33.8 Å². The number of hydrogen-bond acceptors (Lipinski definition) is 1. The predicted molar refractivity (Wildman–Crippen MR) is 258 cm³/mol. The van der Waals surface area contributed by atoms with Gasteiger partial charge in [-0.1, -0.05) is 158 Å². The molecule has 3 nitrogen and oxygen atoms in total. The molecule has 1 unspecified atom stereocenters. The van der Waals surface area contributed by atoms with E-state index in [1.165, 1.54) is 54.2 Å². The smallest absolute Gasteiger partial charge is 0.166 e. The quantitative estimate of drug-likeness (QED) is 0.163. The highest BCUT2D eigenvalue weighted by molar-refractivity contribution is 6.26. The molecule has 290 valence electrons. The molecule has 0 aliphatic heterocycles. The fraction of sp³-hybridized carbons (Fsp3) is 0.0339. The maximum absolute atomic E-state index is 14.9. The molecule has 0 bridgehead atoms. The minimum absolute atomic E-state index is 0.0462. The van der Waals surface area contributed by atoms with E-state index in [1.54, 1.807) is 0 Å². The zero-order valence-electron chi connectivity index (χ0n) is 33.8. The fourth-order valence-electron chi connectivity index (χ4n) is 10.7. The third-order valence-corrected chi connectivity index (χ3v) is 13.4. The number of ketones is 1. The summed E-state index contributed by atoms with van der Waals surface area (Å²) in [5, 5.41) is 11.0. The number of Topliss-reactive ketones (excluding diaryl/α,β-unsaturated/α-hetero) is 1. The molecule has 0 N–H and O–H groups in total. The molecule has 1 atom stereocenters. The number of rotatable bonds is 4. The van der Waals surface area contributed by atoms with Gasteiger partial charge < -0.3 is 9.13 Å². The van der Waals surface area contributed by atoms with Gasteiger partial charge in [-0.25, -0.2) is 0 Å². The van der Waals surface area contributed by atoms with Gasteiger partial charge in [0.25, 0.3) is 0 Å². The second kappa shape index (κ2) is 13.5. The molecule has 0 amide bonds. The van der Waals surface area contributed by atoms with Crippen molar-refractivity contribution in [2.75, 3.05) is 0 Å². The van der Waals surface area contributed by atoms with E-state index in [1.807, 2.05) is 12.1 Å². The molecule has 1 aliphatic rings. The standard InChI is InChI=1S/C59H38N2O/c62-57-36-50(37-15-3-1-4-16-37)46-23-11-12-25-49(46)59-58(57)53-34-39(28-32-56(53)61(59)40-17-5-2-6-18-40)38-27-31-55-52(33-38)48-24-13-14-26-54(48)60(55)41-29-30-47-44-21-8-7-19-42(44)43-20-9-10-22-45(43)51(47)35-41/h1-35,50H,36H2. The largest absolute Gasteiger partial charge is 0.309 e. The summed E-state index contributed by atoms with van der Waals surface area (Å²) in [5.41, 5.74) is 12.9. The van der Waals surface area contributed by atoms with E-state index in [0.29, 0.717) is 6.42 Å². The Kier molecular flexibility index (Phi) is 7.58. The van der Waals surface area contributed by atoms with E-state index in [4.69, 9.17) is 0 Å². The molecule has 0 saturated carbocycles. The van der Waals surface area contributed by atoms with Crippen LogP contribution in [0.25, 0.3) is 98.8 Å². The molecule has 10 aromatic carbocycles. The van der Waals surface area contributed by atoms with Gasteiger partial charge in [-0.05, 0) is 109 Å². The Morgan fingerprint density at radius 2 is 0.903 bits per heavy atom. The van der Waals surface area contributed by atoms with E-state index < -0.39 is 0 Å². The highest BCUT2D eigenvalue weighted by Crippen LogP contribution is 2.47. The lowest BCUT2D eigenvalue weighted by Gasteiger charge is -2.19. The van der Waals surface area contributed by atoms with E-state index in [9.17, 15) is 4.79 Å². The van der Waals surface area contributed by atoms with Gasteiger partial charge in [-0.2, -0.15) is 0 Å². The Morgan fingerprint density at radius 3 is 1.61 bits per heavy atom. The van der Waals surface area contributed by atoms with Gasteiger partial charge in [0.15, 0.2) is 5.78 Å². The van der Waals surface area contributed by atoms with Crippen molar-refractivity contribution in [3.05, 3.63) is 229 Å². The van der Waals surface area contributed by atoms with Gasteiger partial charge in [-0.15, -0.1) is 0 Å². The molecular formula is C59H38N2O. The molecule has 0 spiro atoms. The maximum Gasteiger partial charge on any atom is 0.166 e. The van der Waals surface area contributed by atoms with Crippen molar-refractivity contribution in [3.63, 3.8) is 0 Å². The van der Waals surface area contributed by atoms with Crippen molar-refractivity contribution >= 4 is 70.8 Å². The first-order chi connectivity index (χ1) is 30.7. The molecule has 13 rings (SSSR count). The van der Waals surface area contributed by atoms with Crippen LogP contribution in [0.2, 0.25) is 0 Å². The fourth-order valence-corrected chi connectivity index (χ4v) is 10.7. The van der Waals surface area contributed by atoms with Crippen molar-refractivity contribution in [2.24, 2.45) is 0 Å². The van der Waals surface area contributed by atoms with E-state index >= 15 is 0 Å². The summed E-state index contributed by atoms with van der Waals surface area (Å²) in [4.78, 5) is 14.9. The van der Waals surface area contributed by atoms with Crippen molar-refractivity contribution < 1.29 is 4.79 Å². The molecule has 3 heteroatoms. The number of aromatic nitrogens is 2. The number of carbonyl (C=O) groups excluding carboxylic acids is 1. The summed E-state index contributed by atoms with van der Waals surface area (Å²) in [6, 6.07) is 76.4. The maximum atomic E-state index is 14.9. The van der Waals surface area contributed by atoms with E-state index in [0.717, 1.165) is 61.3 Å². The van der Waals surface area contributed by atoms with Crippen LogP contribution in [0, 0.1) is 0 Å². The summed E-state index contributed by atoms with van der Waals surface area (Å²) in [7, 11) is 0. The monoisotopic (exact) mass is 790 g/mol. The van der Waals surface area contributed by atoms with Crippen LogP contribution in [0.4, 0.5) is 0 Å². The molecule has 0 radical (unpaired) electrons. The average molecular weight is 791 g/mol. The van der Waals surface area contributed by atoms with Crippen LogP contribution in [-0.2, 0) is 0 Å². The van der Waals surface area contributed by atoms with E-state index in [2.05, 4.69) is 209 Å². The van der Waals surface area contributed by atoms with Crippen molar-refractivity contribution in [3.8, 4) is 33.8 Å². The summed E-state index contributed by atoms with van der Waals surface area (Å²) < 4.78 is 4.73.